The topological polar surface area (TPSA) is 103 Å². The third-order valence-corrected chi connectivity index (χ3v) is 2.82. The number of methoxy groups -OCH3 is 1. The molecule has 126 valence electrons. The van der Waals surface area contributed by atoms with Crippen molar-refractivity contribution in [3.8, 4) is 11.5 Å². The molecule has 0 aliphatic rings. The SMILES string of the molecule is CCOc1cc(C(=O)O[C@@H](C)C(=O)NC(=O)NC)ccc1OC. The molecule has 1 aromatic carbocycles. The summed E-state index contributed by atoms with van der Waals surface area (Å²) in [5.41, 5.74) is 0.203. The Morgan fingerprint density at radius 2 is 1.91 bits per heavy atom. The zero-order chi connectivity index (χ0) is 17.4. The van der Waals surface area contributed by atoms with Gasteiger partial charge in [-0.2, -0.15) is 0 Å². The largest absolute Gasteiger partial charge is 0.493 e. The first kappa shape index (κ1) is 18.3. The van der Waals surface area contributed by atoms with Crippen molar-refractivity contribution in [2.45, 2.75) is 20.0 Å². The molecule has 3 amide bonds. The van der Waals surface area contributed by atoms with E-state index in [0.717, 1.165) is 0 Å². The minimum Gasteiger partial charge on any atom is -0.493 e. The molecule has 0 spiro atoms. The lowest BCUT2D eigenvalue weighted by atomic mass is 10.2. The molecule has 0 unspecified atom stereocenters. The fourth-order valence-corrected chi connectivity index (χ4v) is 1.63. The second-order valence-corrected chi connectivity index (χ2v) is 4.41. The first-order valence-corrected chi connectivity index (χ1v) is 6.97. The number of benzene rings is 1. The van der Waals surface area contributed by atoms with Crippen LogP contribution in [0, 0.1) is 0 Å². The number of esters is 1. The van der Waals surface area contributed by atoms with Crippen molar-refractivity contribution in [2.24, 2.45) is 0 Å². The van der Waals surface area contributed by atoms with E-state index in [9.17, 15) is 14.4 Å². The van der Waals surface area contributed by atoms with E-state index in [4.69, 9.17) is 14.2 Å². The maximum absolute atomic E-state index is 12.1. The summed E-state index contributed by atoms with van der Waals surface area (Å²) in [5.74, 6) is -0.565. The number of carbonyl (C=O) groups is 3. The van der Waals surface area contributed by atoms with Crippen LogP contribution in [0.15, 0.2) is 18.2 Å². The minimum absolute atomic E-state index is 0.203. The van der Waals surface area contributed by atoms with Gasteiger partial charge >= 0.3 is 12.0 Å². The van der Waals surface area contributed by atoms with E-state index in [1.165, 1.54) is 33.2 Å². The van der Waals surface area contributed by atoms with Gasteiger partial charge in [-0.25, -0.2) is 9.59 Å². The van der Waals surface area contributed by atoms with Gasteiger partial charge in [0.2, 0.25) is 0 Å². The number of rotatable bonds is 6. The number of carbonyl (C=O) groups excluding carboxylic acids is 3. The summed E-state index contributed by atoms with van der Waals surface area (Å²) in [6.45, 7) is 3.57. The molecule has 0 aliphatic carbocycles. The number of nitrogens with one attached hydrogen (secondary N) is 2. The maximum atomic E-state index is 12.1. The molecule has 0 saturated heterocycles. The highest BCUT2D eigenvalue weighted by Crippen LogP contribution is 2.28. The summed E-state index contributed by atoms with van der Waals surface area (Å²) in [6.07, 6.45) is -1.13. The van der Waals surface area contributed by atoms with Crippen LogP contribution < -0.4 is 20.1 Å². The van der Waals surface area contributed by atoms with Crippen molar-refractivity contribution in [2.75, 3.05) is 20.8 Å². The standard InChI is InChI=1S/C15H20N2O6/c1-5-22-12-8-10(6-7-11(12)21-4)14(19)23-9(2)13(18)17-15(20)16-3/h6-9H,5H2,1-4H3,(H2,16,17,18,20)/t9-/m0/s1. The number of urea groups is 1. The Balaban J connectivity index is 2.79. The van der Waals surface area contributed by atoms with E-state index in [1.54, 1.807) is 13.0 Å². The average Bonchev–Trinajstić information content (AvgIpc) is 2.54. The predicted molar refractivity (Wildman–Crippen MR) is 81.6 cm³/mol. The van der Waals surface area contributed by atoms with Crippen LogP contribution in [0.2, 0.25) is 0 Å². The monoisotopic (exact) mass is 324 g/mol. The second kappa shape index (κ2) is 8.62. The van der Waals surface area contributed by atoms with Crippen LogP contribution in [-0.2, 0) is 9.53 Å². The third-order valence-electron chi connectivity index (χ3n) is 2.82. The third kappa shape index (κ3) is 5.17. The van der Waals surface area contributed by atoms with Gasteiger partial charge in [0.05, 0.1) is 19.3 Å². The normalized spacial score (nSPS) is 11.1. The highest BCUT2D eigenvalue weighted by Gasteiger charge is 2.21. The van der Waals surface area contributed by atoms with Crippen molar-refractivity contribution >= 4 is 17.9 Å². The lowest BCUT2D eigenvalue weighted by Crippen LogP contribution is -2.43. The van der Waals surface area contributed by atoms with Crippen molar-refractivity contribution in [1.82, 2.24) is 10.6 Å². The second-order valence-electron chi connectivity index (χ2n) is 4.41. The average molecular weight is 324 g/mol. The Morgan fingerprint density at radius 1 is 1.22 bits per heavy atom. The molecule has 0 saturated carbocycles. The van der Waals surface area contributed by atoms with Gasteiger partial charge in [-0.05, 0) is 32.0 Å². The zero-order valence-electron chi connectivity index (χ0n) is 13.5. The summed E-state index contributed by atoms with van der Waals surface area (Å²) in [7, 11) is 2.85. The van der Waals surface area contributed by atoms with Crippen LogP contribution in [0.1, 0.15) is 24.2 Å². The molecular formula is C15H20N2O6. The summed E-state index contributed by atoms with van der Waals surface area (Å²) in [6, 6.07) is 3.85. The molecule has 0 heterocycles. The van der Waals surface area contributed by atoms with Gasteiger partial charge in [0, 0.05) is 7.05 Å². The van der Waals surface area contributed by atoms with Gasteiger partial charge in [0.25, 0.3) is 5.91 Å². The van der Waals surface area contributed by atoms with Crippen molar-refractivity contribution in [1.29, 1.82) is 0 Å². The number of amides is 3. The van der Waals surface area contributed by atoms with Crippen LogP contribution in [0.25, 0.3) is 0 Å². The van der Waals surface area contributed by atoms with E-state index < -0.39 is 24.0 Å². The smallest absolute Gasteiger partial charge is 0.339 e. The molecule has 0 bridgehead atoms. The van der Waals surface area contributed by atoms with Crippen LogP contribution in [0.3, 0.4) is 0 Å². The Kier molecular flexibility index (Phi) is 6.85. The van der Waals surface area contributed by atoms with Gasteiger partial charge in [0.15, 0.2) is 17.6 Å². The van der Waals surface area contributed by atoms with Crippen LogP contribution >= 0.6 is 0 Å². The number of ether oxygens (including phenoxy) is 3. The zero-order valence-corrected chi connectivity index (χ0v) is 13.5. The molecule has 0 fully saturated rings. The lowest BCUT2D eigenvalue weighted by molar-refractivity contribution is -0.127. The minimum atomic E-state index is -1.13. The number of imide groups is 1. The molecule has 1 rings (SSSR count). The van der Waals surface area contributed by atoms with Gasteiger partial charge < -0.3 is 19.5 Å². The number of hydrogen-bond acceptors (Lipinski definition) is 6. The predicted octanol–water partition coefficient (Wildman–Crippen LogP) is 1.09. The Morgan fingerprint density at radius 3 is 2.48 bits per heavy atom. The summed E-state index contributed by atoms with van der Waals surface area (Å²) >= 11 is 0. The molecule has 0 aromatic heterocycles. The van der Waals surface area contributed by atoms with Crippen LogP contribution in [0.4, 0.5) is 4.79 Å². The summed E-state index contributed by atoms with van der Waals surface area (Å²) in [5, 5.41) is 4.25. The summed E-state index contributed by atoms with van der Waals surface area (Å²) in [4.78, 5) is 34.8. The van der Waals surface area contributed by atoms with E-state index >= 15 is 0 Å². The number of hydrogen-bond donors (Lipinski definition) is 2. The van der Waals surface area contributed by atoms with Gasteiger partial charge in [-0.15, -0.1) is 0 Å². The van der Waals surface area contributed by atoms with Crippen LogP contribution in [0.5, 0.6) is 11.5 Å². The molecular weight excluding hydrogens is 304 g/mol. The molecule has 2 N–H and O–H groups in total. The maximum Gasteiger partial charge on any atom is 0.339 e. The highest BCUT2D eigenvalue weighted by molar-refractivity contribution is 5.98. The van der Waals surface area contributed by atoms with Gasteiger partial charge in [0.1, 0.15) is 0 Å². The molecule has 1 aromatic rings. The lowest BCUT2D eigenvalue weighted by Gasteiger charge is -2.14. The molecule has 0 radical (unpaired) electrons. The van der Waals surface area contributed by atoms with Crippen molar-refractivity contribution < 1.29 is 28.6 Å². The quantitative estimate of drug-likeness (QED) is 0.760. The highest BCUT2D eigenvalue weighted by atomic mass is 16.5. The molecule has 0 aliphatic heterocycles. The van der Waals surface area contributed by atoms with E-state index in [2.05, 4.69) is 5.32 Å². The Bertz CT molecular complexity index is 587. The Labute approximate surface area is 134 Å². The molecule has 8 nitrogen and oxygen atoms in total. The molecule has 1 atom stereocenters. The Hall–Kier alpha value is -2.77. The van der Waals surface area contributed by atoms with E-state index in [0.29, 0.717) is 18.1 Å². The van der Waals surface area contributed by atoms with Gasteiger partial charge in [-0.3, -0.25) is 10.1 Å². The molecule has 23 heavy (non-hydrogen) atoms. The van der Waals surface area contributed by atoms with E-state index in [-0.39, 0.29) is 5.56 Å². The van der Waals surface area contributed by atoms with Crippen molar-refractivity contribution in [3.63, 3.8) is 0 Å². The van der Waals surface area contributed by atoms with Crippen molar-refractivity contribution in [3.05, 3.63) is 23.8 Å². The van der Waals surface area contributed by atoms with Gasteiger partial charge in [-0.1, -0.05) is 0 Å². The fraction of sp³-hybridized carbons (Fsp3) is 0.400. The van der Waals surface area contributed by atoms with Crippen LogP contribution in [-0.4, -0.2) is 44.8 Å². The van der Waals surface area contributed by atoms with E-state index in [1.807, 2.05) is 5.32 Å². The molecule has 8 heteroatoms. The first-order valence-electron chi connectivity index (χ1n) is 6.97. The first-order chi connectivity index (χ1) is 10.9. The summed E-state index contributed by atoms with van der Waals surface area (Å²) < 4.78 is 15.5. The fourth-order valence-electron chi connectivity index (χ4n) is 1.63.